The summed E-state index contributed by atoms with van der Waals surface area (Å²) in [5, 5.41) is 4.78. The number of hydrogen-bond acceptors (Lipinski definition) is 2. The maximum atomic E-state index is 6.47. The highest BCUT2D eigenvalue weighted by Gasteiger charge is 2.21. The summed E-state index contributed by atoms with van der Waals surface area (Å²) in [6.07, 6.45) is 9.87. The van der Waals surface area contributed by atoms with E-state index in [0.29, 0.717) is 5.92 Å². The fourth-order valence-electron chi connectivity index (χ4n) is 9.75. The van der Waals surface area contributed by atoms with E-state index in [4.69, 9.17) is 4.42 Å². The number of rotatable bonds is 8. The predicted octanol–water partition coefficient (Wildman–Crippen LogP) is 16.8. The molecule has 63 heavy (non-hydrogen) atoms. The van der Waals surface area contributed by atoms with Crippen LogP contribution in [0.2, 0.25) is 0 Å². The molecule has 1 atom stereocenters. The van der Waals surface area contributed by atoms with Crippen LogP contribution in [0, 0.1) is 0 Å². The van der Waals surface area contributed by atoms with E-state index in [1.807, 2.05) is 12.1 Å². The van der Waals surface area contributed by atoms with E-state index in [0.717, 1.165) is 78.9 Å². The molecule has 0 bridgehead atoms. The van der Waals surface area contributed by atoms with Gasteiger partial charge in [0, 0.05) is 55.5 Å². The van der Waals surface area contributed by atoms with E-state index < -0.39 is 0 Å². The van der Waals surface area contributed by atoms with Gasteiger partial charge < -0.3 is 13.9 Å². The highest BCUT2D eigenvalue weighted by molar-refractivity contribution is 6.11. The summed E-state index contributed by atoms with van der Waals surface area (Å²) in [6, 6.07) is 76.9. The van der Waals surface area contributed by atoms with Gasteiger partial charge in [0.05, 0.1) is 22.4 Å². The smallest absolute Gasteiger partial charge is 0.143 e. The van der Waals surface area contributed by atoms with Gasteiger partial charge in [-0.15, -0.1) is 0 Å². The first kappa shape index (κ1) is 36.7. The van der Waals surface area contributed by atoms with Crippen molar-refractivity contribution in [3.63, 3.8) is 0 Å². The molecule has 298 valence electrons. The van der Waals surface area contributed by atoms with E-state index in [-0.39, 0.29) is 0 Å². The molecule has 0 spiro atoms. The minimum atomic E-state index is 0.373. The summed E-state index contributed by atoms with van der Waals surface area (Å²) in [5.41, 5.74) is 16.8. The fraction of sp³-hybridized carbons (Fsp3) is 0.0333. The lowest BCUT2D eigenvalue weighted by atomic mass is 9.92. The highest BCUT2D eigenvalue weighted by Crippen LogP contribution is 2.44. The number of nitrogens with zero attached hydrogens (tertiary/aromatic N) is 2. The molecular formula is C60H42N2O. The number of benzene rings is 9. The van der Waals surface area contributed by atoms with Crippen LogP contribution in [-0.4, -0.2) is 4.57 Å². The van der Waals surface area contributed by atoms with Crippen LogP contribution in [0.5, 0.6) is 0 Å². The first-order valence-electron chi connectivity index (χ1n) is 21.8. The molecule has 1 aliphatic carbocycles. The van der Waals surface area contributed by atoms with Gasteiger partial charge in [0.15, 0.2) is 0 Å². The molecule has 11 aromatic rings. The van der Waals surface area contributed by atoms with Crippen LogP contribution < -0.4 is 4.90 Å². The van der Waals surface area contributed by atoms with Crippen molar-refractivity contribution in [2.45, 2.75) is 12.3 Å². The average molecular weight is 807 g/mol. The molecule has 0 N–H and O–H groups in total. The number of allylic oxidation sites excluding steroid dienone is 4. The van der Waals surface area contributed by atoms with E-state index in [9.17, 15) is 0 Å². The molecule has 0 amide bonds. The van der Waals surface area contributed by atoms with Gasteiger partial charge in [-0.2, -0.15) is 0 Å². The Morgan fingerprint density at radius 3 is 1.78 bits per heavy atom. The second-order valence-electron chi connectivity index (χ2n) is 16.4. The van der Waals surface area contributed by atoms with Crippen LogP contribution in [0.25, 0.3) is 82.8 Å². The van der Waals surface area contributed by atoms with Crippen LogP contribution in [0.4, 0.5) is 17.1 Å². The molecule has 2 heterocycles. The molecule has 0 radical (unpaired) electrons. The second kappa shape index (κ2) is 15.4. The zero-order valence-electron chi connectivity index (χ0n) is 34.6. The van der Waals surface area contributed by atoms with Gasteiger partial charge >= 0.3 is 0 Å². The fourth-order valence-corrected chi connectivity index (χ4v) is 9.75. The van der Waals surface area contributed by atoms with Gasteiger partial charge in [0.25, 0.3) is 0 Å². The Morgan fingerprint density at radius 1 is 0.444 bits per heavy atom. The third-order valence-electron chi connectivity index (χ3n) is 12.8. The first-order chi connectivity index (χ1) is 31.3. The SMILES string of the molecule is C1=CCC(c2ccc(N(c3ccc(-c4cccc5c4oc4ccccc45)cc3)c3ccccc3-c3cccc(-c4ccccc4-n4c5ccccc5c5ccccc54)c3)cc2)C=C1. The third-order valence-corrected chi connectivity index (χ3v) is 12.8. The van der Waals surface area contributed by atoms with Crippen molar-refractivity contribution in [2.24, 2.45) is 0 Å². The lowest BCUT2D eigenvalue weighted by molar-refractivity contribution is 0.670. The van der Waals surface area contributed by atoms with Gasteiger partial charge in [-0.1, -0.05) is 176 Å². The van der Waals surface area contributed by atoms with Crippen molar-refractivity contribution >= 4 is 60.8 Å². The quantitative estimate of drug-likeness (QED) is 0.153. The Bertz CT molecular complexity index is 3490. The minimum absolute atomic E-state index is 0.373. The molecule has 9 aromatic carbocycles. The Balaban J connectivity index is 0.979. The summed E-state index contributed by atoms with van der Waals surface area (Å²) in [6.45, 7) is 0. The molecule has 3 nitrogen and oxygen atoms in total. The Kier molecular flexibility index (Phi) is 8.97. The van der Waals surface area contributed by atoms with E-state index in [1.54, 1.807) is 0 Å². The number of furan rings is 1. The molecule has 0 aliphatic heterocycles. The van der Waals surface area contributed by atoms with Crippen LogP contribution in [0.15, 0.2) is 241 Å². The van der Waals surface area contributed by atoms with Crippen molar-refractivity contribution in [2.75, 3.05) is 4.90 Å². The Hall–Kier alpha value is -8.14. The van der Waals surface area contributed by atoms with Crippen LogP contribution in [0.1, 0.15) is 17.9 Å². The summed E-state index contributed by atoms with van der Waals surface area (Å²) in [4.78, 5) is 2.40. The first-order valence-corrected chi connectivity index (χ1v) is 21.8. The van der Waals surface area contributed by atoms with Crippen LogP contribution in [-0.2, 0) is 0 Å². The molecule has 2 aromatic heterocycles. The number of fused-ring (bicyclic) bond motifs is 6. The summed E-state index contributed by atoms with van der Waals surface area (Å²) in [5.74, 6) is 0.373. The maximum Gasteiger partial charge on any atom is 0.143 e. The minimum Gasteiger partial charge on any atom is -0.455 e. The predicted molar refractivity (Wildman–Crippen MR) is 265 cm³/mol. The average Bonchev–Trinajstić information content (AvgIpc) is 3.91. The number of para-hydroxylation sites is 6. The molecule has 0 saturated heterocycles. The highest BCUT2D eigenvalue weighted by atomic mass is 16.3. The van der Waals surface area contributed by atoms with Gasteiger partial charge in [-0.25, -0.2) is 0 Å². The lowest BCUT2D eigenvalue weighted by Crippen LogP contribution is -2.11. The lowest BCUT2D eigenvalue weighted by Gasteiger charge is -2.28. The normalized spacial score (nSPS) is 13.7. The van der Waals surface area contributed by atoms with E-state index >= 15 is 0 Å². The van der Waals surface area contributed by atoms with Crippen molar-refractivity contribution < 1.29 is 4.42 Å². The largest absolute Gasteiger partial charge is 0.455 e. The molecule has 1 unspecified atom stereocenters. The molecule has 3 heteroatoms. The Labute approximate surface area is 366 Å². The van der Waals surface area contributed by atoms with Gasteiger partial charge in [0.1, 0.15) is 11.2 Å². The van der Waals surface area contributed by atoms with Gasteiger partial charge in [-0.05, 0) is 89.3 Å². The van der Waals surface area contributed by atoms with Crippen LogP contribution >= 0.6 is 0 Å². The van der Waals surface area contributed by atoms with E-state index in [2.05, 4.69) is 234 Å². The molecule has 0 saturated carbocycles. The zero-order valence-corrected chi connectivity index (χ0v) is 34.6. The Morgan fingerprint density at radius 2 is 1.03 bits per heavy atom. The van der Waals surface area contributed by atoms with Crippen molar-refractivity contribution in [1.29, 1.82) is 0 Å². The molecular weight excluding hydrogens is 765 g/mol. The zero-order chi connectivity index (χ0) is 41.7. The molecule has 1 aliphatic rings. The number of hydrogen-bond donors (Lipinski definition) is 0. The van der Waals surface area contributed by atoms with Crippen molar-refractivity contribution in [1.82, 2.24) is 4.57 Å². The maximum absolute atomic E-state index is 6.47. The van der Waals surface area contributed by atoms with Crippen LogP contribution in [0.3, 0.4) is 0 Å². The van der Waals surface area contributed by atoms with E-state index in [1.165, 1.54) is 32.9 Å². The van der Waals surface area contributed by atoms with Gasteiger partial charge in [-0.3, -0.25) is 0 Å². The summed E-state index contributed by atoms with van der Waals surface area (Å²) < 4.78 is 8.89. The molecule has 12 rings (SSSR count). The van der Waals surface area contributed by atoms with Gasteiger partial charge in [0.2, 0.25) is 0 Å². The monoisotopic (exact) mass is 806 g/mol. The molecule has 0 fully saturated rings. The van der Waals surface area contributed by atoms with Crippen molar-refractivity contribution in [3.05, 3.63) is 242 Å². The number of aromatic nitrogens is 1. The second-order valence-corrected chi connectivity index (χ2v) is 16.4. The van der Waals surface area contributed by atoms with Crippen molar-refractivity contribution in [3.8, 4) is 39.1 Å². The summed E-state index contributed by atoms with van der Waals surface area (Å²) in [7, 11) is 0. The third kappa shape index (κ3) is 6.36. The topological polar surface area (TPSA) is 21.3 Å². The summed E-state index contributed by atoms with van der Waals surface area (Å²) >= 11 is 0. The standard InChI is InChI=1S/C60H42N2O/c1-2-16-41(17-3-1)42-32-36-46(37-33-42)61(47-38-34-43(35-39-47)50-25-15-26-54-53-24-8-13-31-59(53)63-60(50)54)55-27-9-4-20-48(55)44-18-14-19-45(40-44)49-21-5-10-28-56(49)62-57-29-11-6-22-51(57)52-23-7-12-30-58(52)62/h1-16,18-41H,17H2. The number of anilines is 3.